The molecule has 1 fully saturated rings. The van der Waals surface area contributed by atoms with Gasteiger partial charge in [-0.2, -0.15) is 5.26 Å². The first-order chi connectivity index (χ1) is 17.5. The lowest BCUT2D eigenvalue weighted by Gasteiger charge is -2.37. The van der Waals surface area contributed by atoms with Gasteiger partial charge in [0.2, 0.25) is 0 Å². The summed E-state index contributed by atoms with van der Waals surface area (Å²) in [5, 5.41) is 9.00. The number of nitriles is 1. The summed E-state index contributed by atoms with van der Waals surface area (Å²) in [5.74, 6) is 0. The van der Waals surface area contributed by atoms with E-state index in [9.17, 15) is 14.2 Å². The van der Waals surface area contributed by atoms with E-state index < -0.39 is 39.6 Å². The van der Waals surface area contributed by atoms with Gasteiger partial charge in [-0.15, -0.1) is 0 Å². The number of ether oxygens (including phenoxy) is 1. The number of nitrogens with zero attached hydrogens (tertiary/aromatic N) is 3. The van der Waals surface area contributed by atoms with Gasteiger partial charge in [0.25, 0.3) is 14.1 Å². The van der Waals surface area contributed by atoms with Crippen LogP contribution >= 0.6 is 16.1 Å². The molecular formula is C23H40N4O8P2. The molecule has 1 aromatic heterocycles. The highest BCUT2D eigenvalue weighted by atomic mass is 31.2. The van der Waals surface area contributed by atoms with Crippen LogP contribution in [0.4, 0.5) is 0 Å². The molecule has 0 aliphatic heterocycles. The Balaban J connectivity index is 2.34. The van der Waals surface area contributed by atoms with Crippen molar-refractivity contribution in [1.82, 2.24) is 14.2 Å². The maximum atomic E-state index is 13.0. The smallest absolute Gasteiger partial charge is 0.356 e. The Morgan fingerprint density at radius 1 is 1.16 bits per heavy atom. The van der Waals surface area contributed by atoms with Crippen LogP contribution < -0.4 is 11.2 Å². The number of nitrogens with one attached hydrogen (secondary N) is 1. The van der Waals surface area contributed by atoms with Crippen LogP contribution in [-0.2, 0) is 27.4 Å². The lowest BCUT2D eigenvalue weighted by molar-refractivity contribution is -0.00320. The summed E-state index contributed by atoms with van der Waals surface area (Å²) in [4.78, 5) is 26.4. The molecule has 0 saturated heterocycles. The minimum Gasteiger partial charge on any atom is -0.363 e. The van der Waals surface area contributed by atoms with E-state index in [1.807, 2.05) is 27.7 Å². The van der Waals surface area contributed by atoms with E-state index in [1.165, 1.54) is 16.8 Å². The number of aromatic amines is 1. The molecule has 2 rings (SSSR count). The van der Waals surface area contributed by atoms with Crippen molar-refractivity contribution in [2.24, 2.45) is 0 Å². The minimum absolute atomic E-state index is 0.0997. The maximum absolute atomic E-state index is 13.0. The lowest BCUT2D eigenvalue weighted by atomic mass is 10.2. The number of aromatic nitrogens is 2. The molecule has 1 saturated carbocycles. The zero-order chi connectivity index (χ0) is 27.6. The highest BCUT2D eigenvalue weighted by molar-refractivity contribution is 7.53. The Kier molecular flexibility index (Phi) is 13.1. The lowest BCUT2D eigenvalue weighted by Crippen LogP contribution is -2.36. The van der Waals surface area contributed by atoms with E-state index in [0.717, 1.165) is 0 Å². The SMILES string of the molecule is CCOP(=O)(COC1CC(n2ccc(=O)[nH]c2=O)CC1OP(OCCC#N)N(C(C)C)C(C)C)OCC. The summed E-state index contributed by atoms with van der Waals surface area (Å²) < 4.78 is 46.0. The van der Waals surface area contributed by atoms with E-state index in [2.05, 4.69) is 15.7 Å². The van der Waals surface area contributed by atoms with Crippen LogP contribution in [0.2, 0.25) is 0 Å². The number of H-pyrrole nitrogens is 1. The van der Waals surface area contributed by atoms with Gasteiger partial charge < -0.3 is 22.8 Å². The first-order valence-corrected chi connectivity index (χ1v) is 15.5. The zero-order valence-corrected chi connectivity index (χ0v) is 24.3. The van der Waals surface area contributed by atoms with Crippen LogP contribution in [0, 0.1) is 11.3 Å². The molecule has 0 bridgehead atoms. The molecule has 0 amide bonds. The third-order valence-electron chi connectivity index (χ3n) is 5.65. The summed E-state index contributed by atoms with van der Waals surface area (Å²) >= 11 is 0. The molecule has 1 heterocycles. The second-order valence-corrected chi connectivity index (χ2v) is 12.5. The zero-order valence-electron chi connectivity index (χ0n) is 22.5. The average Bonchev–Trinajstić information content (AvgIpc) is 3.20. The fourth-order valence-electron chi connectivity index (χ4n) is 4.27. The van der Waals surface area contributed by atoms with Crippen molar-refractivity contribution < 1.29 is 27.4 Å². The van der Waals surface area contributed by atoms with E-state index in [0.29, 0.717) is 12.8 Å². The van der Waals surface area contributed by atoms with E-state index in [1.54, 1.807) is 13.8 Å². The van der Waals surface area contributed by atoms with Crippen LogP contribution in [0.1, 0.15) is 66.8 Å². The predicted octanol–water partition coefficient (Wildman–Crippen LogP) is 4.14. The highest BCUT2D eigenvalue weighted by Crippen LogP contribution is 2.52. The molecule has 1 aromatic rings. The Morgan fingerprint density at radius 3 is 2.32 bits per heavy atom. The molecule has 4 unspecified atom stereocenters. The van der Waals surface area contributed by atoms with Gasteiger partial charge in [-0.05, 0) is 54.4 Å². The molecular weight excluding hydrogens is 522 g/mol. The number of rotatable bonds is 16. The van der Waals surface area contributed by atoms with Gasteiger partial charge in [-0.25, -0.2) is 9.46 Å². The normalized spacial score (nSPS) is 21.1. The van der Waals surface area contributed by atoms with Crippen LogP contribution in [0.5, 0.6) is 0 Å². The standard InChI is InChI=1S/C23H40N4O8P2/c1-7-33-37(30,34-8-2)16-31-20-14-19(26-12-10-22(28)25-23(26)29)15-21(20)35-36(32-13-9-11-24)27(17(3)4)18(5)6/h10,12,17-21H,7-9,13-16H2,1-6H3,(H,25,28,29). The molecule has 37 heavy (non-hydrogen) atoms. The molecule has 0 radical (unpaired) electrons. The van der Waals surface area contributed by atoms with Crippen molar-refractivity contribution in [2.45, 2.75) is 91.1 Å². The van der Waals surface area contributed by atoms with Gasteiger partial charge in [-0.1, -0.05) is 0 Å². The summed E-state index contributed by atoms with van der Waals surface area (Å²) in [7, 11) is -5.06. The van der Waals surface area contributed by atoms with Gasteiger partial charge in [0.1, 0.15) is 6.35 Å². The molecule has 1 aliphatic carbocycles. The average molecular weight is 563 g/mol. The van der Waals surface area contributed by atoms with E-state index in [4.69, 9.17) is 28.1 Å². The van der Waals surface area contributed by atoms with Crippen molar-refractivity contribution in [3.8, 4) is 6.07 Å². The van der Waals surface area contributed by atoms with Crippen LogP contribution in [0.25, 0.3) is 0 Å². The second-order valence-electron chi connectivity index (χ2n) is 9.11. The van der Waals surface area contributed by atoms with Crippen molar-refractivity contribution >= 4 is 16.1 Å². The largest absolute Gasteiger partial charge is 0.363 e. The van der Waals surface area contributed by atoms with Gasteiger partial charge in [0, 0.05) is 30.4 Å². The highest BCUT2D eigenvalue weighted by Gasteiger charge is 2.42. The summed E-state index contributed by atoms with van der Waals surface area (Å²) in [5.41, 5.74) is -1.00. The molecule has 0 spiro atoms. The van der Waals surface area contributed by atoms with Gasteiger partial charge in [0.15, 0.2) is 0 Å². The summed E-state index contributed by atoms with van der Waals surface area (Å²) in [6.45, 7) is 12.2. The third kappa shape index (κ3) is 9.38. The maximum Gasteiger partial charge on any atom is 0.356 e. The van der Waals surface area contributed by atoms with Crippen molar-refractivity contribution in [1.29, 1.82) is 5.26 Å². The number of hydrogen-bond donors (Lipinski definition) is 1. The van der Waals surface area contributed by atoms with Crippen LogP contribution in [0.3, 0.4) is 0 Å². The number of hydrogen-bond acceptors (Lipinski definition) is 10. The van der Waals surface area contributed by atoms with Crippen molar-refractivity contribution in [2.75, 3.05) is 26.2 Å². The molecule has 1 N–H and O–H groups in total. The molecule has 1 aliphatic rings. The Labute approximate surface area is 219 Å². The van der Waals surface area contributed by atoms with Crippen LogP contribution in [0.15, 0.2) is 21.9 Å². The summed E-state index contributed by atoms with van der Waals surface area (Å²) in [6, 6.07) is 3.24. The molecule has 12 nitrogen and oxygen atoms in total. The molecule has 14 heteroatoms. The van der Waals surface area contributed by atoms with E-state index >= 15 is 0 Å². The first kappa shape index (κ1) is 31.8. The van der Waals surface area contributed by atoms with Crippen molar-refractivity contribution in [3.05, 3.63) is 33.1 Å². The van der Waals surface area contributed by atoms with Gasteiger partial charge >= 0.3 is 13.3 Å². The topological polar surface area (TPSA) is 145 Å². The van der Waals surface area contributed by atoms with E-state index in [-0.39, 0.29) is 50.7 Å². The fraction of sp³-hybridized carbons (Fsp3) is 0.783. The van der Waals surface area contributed by atoms with Gasteiger partial charge in [0.05, 0.1) is 44.5 Å². The quantitative estimate of drug-likeness (QED) is 0.230. The molecule has 0 aromatic carbocycles. The summed E-state index contributed by atoms with van der Waals surface area (Å²) in [6.07, 6.45) is 1.11. The second kappa shape index (κ2) is 15.2. The molecule has 4 atom stereocenters. The van der Waals surface area contributed by atoms with Crippen LogP contribution in [-0.4, -0.2) is 64.7 Å². The monoisotopic (exact) mass is 562 g/mol. The first-order valence-electron chi connectivity index (χ1n) is 12.6. The Hall–Kier alpha value is -1.41. The Bertz CT molecular complexity index is 1020. The minimum atomic E-state index is -3.48. The molecule has 210 valence electrons. The van der Waals surface area contributed by atoms with Gasteiger partial charge in [-0.3, -0.25) is 18.9 Å². The van der Waals surface area contributed by atoms with Crippen molar-refractivity contribution in [3.63, 3.8) is 0 Å². The fourth-order valence-corrected chi connectivity index (χ4v) is 7.41. The Morgan fingerprint density at radius 2 is 1.78 bits per heavy atom. The predicted molar refractivity (Wildman–Crippen MR) is 140 cm³/mol. The third-order valence-corrected chi connectivity index (χ3v) is 9.58.